The molecule has 0 aromatic rings. The molecule has 0 saturated carbocycles. The summed E-state index contributed by atoms with van der Waals surface area (Å²) in [6.45, 7) is 2.40. The molecule has 0 aromatic heterocycles. The van der Waals surface area contributed by atoms with Crippen molar-refractivity contribution in [3.05, 3.63) is 0 Å². The van der Waals surface area contributed by atoms with Crippen molar-refractivity contribution in [1.29, 1.82) is 0 Å². The van der Waals surface area contributed by atoms with E-state index in [-0.39, 0.29) is 12.5 Å². The molecule has 2 unspecified atom stereocenters. The summed E-state index contributed by atoms with van der Waals surface area (Å²) in [5.41, 5.74) is 5.37. The number of hydrogen-bond acceptors (Lipinski definition) is 4. The second-order valence-electron chi connectivity index (χ2n) is 3.76. The first kappa shape index (κ1) is 13.9. The van der Waals surface area contributed by atoms with Crippen LogP contribution in [0.15, 0.2) is 0 Å². The van der Waals surface area contributed by atoms with E-state index in [4.69, 9.17) is 10.8 Å². The standard InChI is InChI=1S/C9H19N3O3/c1-6(12(2)3)5-11-9(15)7(10)4-8(13)14/h6-7H,4-5,10H2,1-3H3,(H,11,15)(H,13,14). The third-order valence-corrected chi connectivity index (χ3v) is 2.18. The van der Waals surface area contributed by atoms with Crippen LogP contribution in [0.2, 0.25) is 0 Å². The first-order valence-corrected chi connectivity index (χ1v) is 4.76. The number of carbonyl (C=O) groups excluding carboxylic acids is 1. The molecule has 0 bridgehead atoms. The van der Waals surface area contributed by atoms with E-state index in [1.807, 2.05) is 25.9 Å². The van der Waals surface area contributed by atoms with Crippen molar-refractivity contribution in [2.75, 3.05) is 20.6 Å². The lowest BCUT2D eigenvalue weighted by Gasteiger charge is -2.20. The molecule has 0 rings (SSSR count). The number of carbonyl (C=O) groups is 2. The number of aliphatic carboxylic acids is 1. The fourth-order valence-corrected chi connectivity index (χ4v) is 0.843. The summed E-state index contributed by atoms with van der Waals surface area (Å²) in [5.74, 6) is -1.50. The van der Waals surface area contributed by atoms with Crippen LogP contribution in [-0.4, -0.2) is 54.6 Å². The Bertz CT molecular complexity index is 231. The van der Waals surface area contributed by atoms with Crippen molar-refractivity contribution < 1.29 is 14.7 Å². The van der Waals surface area contributed by atoms with Gasteiger partial charge in [0.1, 0.15) is 0 Å². The minimum atomic E-state index is -1.07. The summed E-state index contributed by atoms with van der Waals surface area (Å²) in [4.78, 5) is 23.5. The molecule has 0 aliphatic carbocycles. The van der Waals surface area contributed by atoms with Crippen LogP contribution in [0, 0.1) is 0 Å². The Hall–Kier alpha value is -1.14. The summed E-state index contributed by atoms with van der Waals surface area (Å²) in [6.07, 6.45) is -0.345. The Labute approximate surface area is 89.4 Å². The SMILES string of the molecule is CC(CNC(=O)C(N)CC(=O)O)N(C)C. The Morgan fingerprint density at radius 1 is 1.47 bits per heavy atom. The molecule has 6 heteroatoms. The van der Waals surface area contributed by atoms with Crippen LogP contribution in [0.4, 0.5) is 0 Å². The van der Waals surface area contributed by atoms with Crippen LogP contribution < -0.4 is 11.1 Å². The highest BCUT2D eigenvalue weighted by Gasteiger charge is 2.17. The van der Waals surface area contributed by atoms with Gasteiger partial charge in [0.2, 0.25) is 5.91 Å². The number of nitrogens with zero attached hydrogens (tertiary/aromatic N) is 1. The van der Waals surface area contributed by atoms with Gasteiger partial charge in [-0.1, -0.05) is 0 Å². The molecule has 15 heavy (non-hydrogen) atoms. The van der Waals surface area contributed by atoms with Crippen molar-refractivity contribution in [3.8, 4) is 0 Å². The first-order chi connectivity index (χ1) is 6.84. The molecule has 0 spiro atoms. The minimum absolute atomic E-state index is 0.186. The number of likely N-dealkylation sites (N-methyl/N-ethyl adjacent to an activating group) is 1. The molecular formula is C9H19N3O3. The van der Waals surface area contributed by atoms with E-state index in [1.165, 1.54) is 0 Å². The molecule has 0 fully saturated rings. The minimum Gasteiger partial charge on any atom is -0.481 e. The number of carboxylic acids is 1. The van der Waals surface area contributed by atoms with Crippen LogP contribution >= 0.6 is 0 Å². The van der Waals surface area contributed by atoms with Gasteiger partial charge in [0.05, 0.1) is 12.5 Å². The topological polar surface area (TPSA) is 95.7 Å². The van der Waals surface area contributed by atoms with Gasteiger partial charge in [-0.25, -0.2) is 0 Å². The third kappa shape index (κ3) is 6.03. The van der Waals surface area contributed by atoms with Gasteiger partial charge in [-0.3, -0.25) is 9.59 Å². The lowest BCUT2D eigenvalue weighted by molar-refractivity contribution is -0.139. The number of rotatable bonds is 6. The summed E-state index contributed by atoms with van der Waals surface area (Å²) < 4.78 is 0. The van der Waals surface area contributed by atoms with Gasteiger partial charge in [-0.15, -0.1) is 0 Å². The van der Waals surface area contributed by atoms with E-state index in [9.17, 15) is 9.59 Å². The van der Waals surface area contributed by atoms with E-state index in [1.54, 1.807) is 0 Å². The molecule has 0 heterocycles. The Balaban J connectivity index is 3.88. The van der Waals surface area contributed by atoms with Crippen molar-refractivity contribution in [2.24, 2.45) is 5.73 Å². The Morgan fingerprint density at radius 3 is 2.40 bits per heavy atom. The molecule has 0 radical (unpaired) electrons. The van der Waals surface area contributed by atoms with E-state index < -0.39 is 17.9 Å². The molecule has 0 saturated heterocycles. The summed E-state index contributed by atoms with van der Waals surface area (Å²) in [6, 6.07) is -0.789. The fourth-order valence-electron chi connectivity index (χ4n) is 0.843. The number of nitrogens with one attached hydrogen (secondary N) is 1. The van der Waals surface area contributed by atoms with E-state index in [0.717, 1.165) is 0 Å². The molecule has 0 aliphatic heterocycles. The lowest BCUT2D eigenvalue weighted by Crippen LogP contribution is -2.46. The van der Waals surface area contributed by atoms with E-state index in [0.29, 0.717) is 6.54 Å². The quantitative estimate of drug-likeness (QED) is 0.522. The maximum atomic E-state index is 11.3. The van der Waals surface area contributed by atoms with Crippen molar-refractivity contribution >= 4 is 11.9 Å². The zero-order valence-electron chi connectivity index (χ0n) is 9.36. The van der Waals surface area contributed by atoms with Crippen LogP contribution in [0.5, 0.6) is 0 Å². The largest absolute Gasteiger partial charge is 0.481 e. The van der Waals surface area contributed by atoms with Crippen LogP contribution in [0.1, 0.15) is 13.3 Å². The van der Waals surface area contributed by atoms with Gasteiger partial charge in [0, 0.05) is 12.6 Å². The lowest BCUT2D eigenvalue weighted by atomic mass is 10.2. The summed E-state index contributed by atoms with van der Waals surface area (Å²) >= 11 is 0. The van der Waals surface area contributed by atoms with E-state index >= 15 is 0 Å². The van der Waals surface area contributed by atoms with Gasteiger partial charge >= 0.3 is 5.97 Å². The Morgan fingerprint density at radius 2 is 2.00 bits per heavy atom. The molecule has 0 aliphatic rings. The second-order valence-corrected chi connectivity index (χ2v) is 3.76. The maximum absolute atomic E-state index is 11.3. The average Bonchev–Trinajstić information content (AvgIpc) is 2.12. The summed E-state index contributed by atoms with van der Waals surface area (Å²) in [7, 11) is 3.79. The normalized spacial score (nSPS) is 14.7. The van der Waals surface area contributed by atoms with Gasteiger partial charge in [-0.05, 0) is 21.0 Å². The molecular weight excluding hydrogens is 198 g/mol. The van der Waals surface area contributed by atoms with Gasteiger partial charge in [-0.2, -0.15) is 0 Å². The van der Waals surface area contributed by atoms with Gasteiger partial charge in [0.25, 0.3) is 0 Å². The Kier molecular flexibility index (Phi) is 5.88. The van der Waals surface area contributed by atoms with Crippen LogP contribution in [-0.2, 0) is 9.59 Å². The van der Waals surface area contributed by atoms with Crippen LogP contribution in [0.25, 0.3) is 0 Å². The van der Waals surface area contributed by atoms with E-state index in [2.05, 4.69) is 5.32 Å². The monoisotopic (exact) mass is 217 g/mol. The molecule has 88 valence electrons. The molecule has 2 atom stereocenters. The zero-order valence-corrected chi connectivity index (χ0v) is 9.36. The predicted octanol–water partition coefficient (Wildman–Crippen LogP) is -1.15. The fraction of sp³-hybridized carbons (Fsp3) is 0.778. The molecule has 1 amide bonds. The van der Waals surface area contributed by atoms with Crippen molar-refractivity contribution in [3.63, 3.8) is 0 Å². The number of nitrogens with two attached hydrogens (primary N) is 1. The van der Waals surface area contributed by atoms with Gasteiger partial charge in [0.15, 0.2) is 0 Å². The number of amides is 1. The molecule has 4 N–H and O–H groups in total. The van der Waals surface area contributed by atoms with Crippen molar-refractivity contribution in [1.82, 2.24) is 10.2 Å². The van der Waals surface area contributed by atoms with Gasteiger partial charge < -0.3 is 21.1 Å². The third-order valence-electron chi connectivity index (χ3n) is 2.18. The molecule has 0 aromatic carbocycles. The first-order valence-electron chi connectivity index (χ1n) is 4.76. The smallest absolute Gasteiger partial charge is 0.305 e. The molecule has 6 nitrogen and oxygen atoms in total. The highest BCUT2D eigenvalue weighted by atomic mass is 16.4. The average molecular weight is 217 g/mol. The summed E-state index contributed by atoms with van der Waals surface area (Å²) in [5, 5.41) is 11.0. The highest BCUT2D eigenvalue weighted by molar-refractivity contribution is 5.85. The second kappa shape index (κ2) is 6.36. The van der Waals surface area contributed by atoms with Crippen LogP contribution in [0.3, 0.4) is 0 Å². The number of carboxylic acid groups (broad SMARTS) is 1. The zero-order chi connectivity index (χ0) is 12.0. The highest BCUT2D eigenvalue weighted by Crippen LogP contribution is 1.91. The van der Waals surface area contributed by atoms with Crippen molar-refractivity contribution in [2.45, 2.75) is 25.4 Å². The maximum Gasteiger partial charge on any atom is 0.305 e. The predicted molar refractivity (Wildman–Crippen MR) is 56.4 cm³/mol. The number of hydrogen-bond donors (Lipinski definition) is 3.